The van der Waals surface area contributed by atoms with Crippen molar-refractivity contribution in [3.05, 3.63) is 0 Å². The molecule has 1 atom stereocenters. The maximum atomic E-state index is 10.1. The van der Waals surface area contributed by atoms with Gasteiger partial charge in [-0.25, -0.2) is 0 Å². The normalized spacial score (nSPS) is 11.9. The molecule has 0 aromatic rings. The van der Waals surface area contributed by atoms with Crippen LogP contribution in [-0.2, 0) is 9.59 Å². The summed E-state index contributed by atoms with van der Waals surface area (Å²) in [7, 11) is 6.90. The highest BCUT2D eigenvalue weighted by atomic mass is 16.4. The van der Waals surface area contributed by atoms with E-state index in [1.165, 1.54) is 0 Å². The molecule has 15 heavy (non-hydrogen) atoms. The van der Waals surface area contributed by atoms with E-state index in [1.54, 1.807) is 44.9 Å². The first-order chi connectivity index (χ1) is 6.68. The molecule has 0 heterocycles. The van der Waals surface area contributed by atoms with Crippen LogP contribution in [0.4, 0.5) is 0 Å². The Bertz CT molecular complexity index is 204. The lowest BCUT2D eigenvalue weighted by Crippen LogP contribution is -2.32. The third-order valence-electron chi connectivity index (χ3n) is 1.58. The molecule has 0 bridgehead atoms. The van der Waals surface area contributed by atoms with Gasteiger partial charge < -0.3 is 10.2 Å². The highest BCUT2D eigenvalue weighted by Crippen LogP contribution is 1.88. The number of rotatable bonds is 4. The van der Waals surface area contributed by atoms with Crippen LogP contribution in [0.15, 0.2) is 0 Å². The van der Waals surface area contributed by atoms with Gasteiger partial charge in [-0.15, -0.1) is 0 Å². The third-order valence-corrected chi connectivity index (χ3v) is 1.58. The van der Waals surface area contributed by atoms with Crippen LogP contribution in [0.3, 0.4) is 0 Å². The summed E-state index contributed by atoms with van der Waals surface area (Å²) in [5.74, 6) is -1.57. The molecule has 0 rings (SSSR count). The number of hydrogen-bond donors (Lipinski definition) is 2. The molecule has 0 aromatic heterocycles. The largest absolute Gasteiger partial charge is 0.480 e. The minimum absolute atomic E-state index is 0.111. The van der Waals surface area contributed by atoms with Gasteiger partial charge in [0.05, 0.1) is 6.54 Å². The predicted octanol–water partition coefficient (Wildman–Crippen LogP) is -0.346. The van der Waals surface area contributed by atoms with Gasteiger partial charge in [-0.05, 0) is 35.1 Å². The van der Waals surface area contributed by atoms with E-state index in [9.17, 15) is 9.59 Å². The molecule has 0 saturated carbocycles. The SMILES string of the molecule is CN(C)CC(=O)O.C[C@@H](C(=O)O)N(C)C. The zero-order chi connectivity index (χ0) is 12.6. The molecule has 0 saturated heterocycles. The lowest BCUT2D eigenvalue weighted by atomic mass is 10.3. The van der Waals surface area contributed by atoms with E-state index in [0.29, 0.717) is 0 Å². The summed E-state index contributed by atoms with van der Waals surface area (Å²) in [5, 5.41) is 16.4. The minimum Gasteiger partial charge on any atom is -0.480 e. The van der Waals surface area contributed by atoms with Crippen LogP contribution in [0.1, 0.15) is 6.92 Å². The van der Waals surface area contributed by atoms with Gasteiger partial charge in [0.25, 0.3) is 0 Å². The van der Waals surface area contributed by atoms with Gasteiger partial charge in [-0.2, -0.15) is 0 Å². The number of carboxylic acids is 2. The second-order valence-corrected chi connectivity index (χ2v) is 3.61. The minimum atomic E-state index is -0.787. The first-order valence-corrected chi connectivity index (χ1v) is 4.44. The topological polar surface area (TPSA) is 81.1 Å². The molecular formula is C9H20N2O4. The van der Waals surface area contributed by atoms with Crippen molar-refractivity contribution in [1.82, 2.24) is 9.80 Å². The molecule has 2 N–H and O–H groups in total. The predicted molar refractivity (Wildman–Crippen MR) is 57.0 cm³/mol. The number of likely N-dealkylation sites (N-methyl/N-ethyl adjacent to an activating group) is 2. The quantitative estimate of drug-likeness (QED) is 0.674. The highest BCUT2D eigenvalue weighted by molar-refractivity contribution is 5.72. The van der Waals surface area contributed by atoms with Crippen molar-refractivity contribution in [3.63, 3.8) is 0 Å². The fourth-order valence-corrected chi connectivity index (χ4v) is 0.491. The van der Waals surface area contributed by atoms with E-state index in [4.69, 9.17) is 10.2 Å². The van der Waals surface area contributed by atoms with Gasteiger partial charge >= 0.3 is 11.9 Å². The average molecular weight is 220 g/mol. The fraction of sp³-hybridized carbons (Fsp3) is 0.778. The Morgan fingerprint density at radius 1 is 1.13 bits per heavy atom. The Morgan fingerprint density at radius 2 is 1.53 bits per heavy atom. The zero-order valence-corrected chi connectivity index (χ0v) is 9.89. The summed E-state index contributed by atoms with van der Waals surface area (Å²) >= 11 is 0. The van der Waals surface area contributed by atoms with Crippen molar-refractivity contribution in [2.24, 2.45) is 0 Å². The second-order valence-electron chi connectivity index (χ2n) is 3.61. The zero-order valence-electron chi connectivity index (χ0n) is 9.89. The fourth-order valence-electron chi connectivity index (χ4n) is 0.491. The van der Waals surface area contributed by atoms with E-state index in [0.717, 1.165) is 0 Å². The van der Waals surface area contributed by atoms with E-state index in [1.807, 2.05) is 0 Å². The Labute approximate surface area is 90.1 Å². The van der Waals surface area contributed by atoms with Gasteiger partial charge in [0.15, 0.2) is 0 Å². The summed E-state index contributed by atoms with van der Waals surface area (Å²) in [6.07, 6.45) is 0. The van der Waals surface area contributed by atoms with E-state index in [-0.39, 0.29) is 12.6 Å². The maximum absolute atomic E-state index is 10.1. The monoisotopic (exact) mass is 220 g/mol. The number of carboxylic acid groups (broad SMARTS) is 2. The molecule has 0 fully saturated rings. The smallest absolute Gasteiger partial charge is 0.320 e. The van der Waals surface area contributed by atoms with Crippen LogP contribution in [-0.4, -0.2) is 72.7 Å². The molecular weight excluding hydrogens is 200 g/mol. The molecule has 0 radical (unpaired) electrons. The van der Waals surface area contributed by atoms with E-state index in [2.05, 4.69) is 0 Å². The average Bonchev–Trinajstić information content (AvgIpc) is 2.00. The number of hydrogen-bond acceptors (Lipinski definition) is 4. The summed E-state index contributed by atoms with van der Waals surface area (Å²) in [6, 6.07) is -0.380. The van der Waals surface area contributed by atoms with E-state index < -0.39 is 11.9 Å². The number of carbonyl (C=O) groups is 2. The van der Waals surface area contributed by atoms with Crippen LogP contribution < -0.4 is 0 Å². The number of aliphatic carboxylic acids is 2. The van der Waals surface area contributed by atoms with Crippen molar-refractivity contribution in [2.45, 2.75) is 13.0 Å². The first kappa shape index (κ1) is 16.3. The van der Waals surface area contributed by atoms with Crippen molar-refractivity contribution in [1.29, 1.82) is 0 Å². The molecule has 6 heteroatoms. The summed E-state index contributed by atoms with van der Waals surface area (Å²) in [4.78, 5) is 23.1. The first-order valence-electron chi connectivity index (χ1n) is 4.44. The van der Waals surface area contributed by atoms with Gasteiger partial charge in [0, 0.05) is 0 Å². The second kappa shape index (κ2) is 8.19. The number of nitrogens with zero attached hydrogens (tertiary/aromatic N) is 2. The molecule has 0 aliphatic carbocycles. The molecule has 6 nitrogen and oxygen atoms in total. The molecule has 0 spiro atoms. The Morgan fingerprint density at radius 3 is 1.53 bits per heavy atom. The standard InChI is InChI=1S/C5H11NO2.C4H9NO2/c1-4(5(7)8)6(2)3;1-5(2)3-4(6)7/h4H,1-3H3,(H,7,8);3H2,1-2H3,(H,6,7)/t4-;/m0./s1. The van der Waals surface area contributed by atoms with E-state index >= 15 is 0 Å². The van der Waals surface area contributed by atoms with Crippen molar-refractivity contribution >= 4 is 11.9 Å². The van der Waals surface area contributed by atoms with Crippen molar-refractivity contribution in [2.75, 3.05) is 34.7 Å². The van der Waals surface area contributed by atoms with Gasteiger partial charge in [-0.1, -0.05) is 0 Å². The summed E-state index contributed by atoms with van der Waals surface area (Å²) < 4.78 is 0. The molecule has 0 amide bonds. The Balaban J connectivity index is 0. The third kappa shape index (κ3) is 12.9. The molecule has 90 valence electrons. The van der Waals surface area contributed by atoms with Crippen LogP contribution in [0.5, 0.6) is 0 Å². The molecule has 0 aliphatic heterocycles. The van der Waals surface area contributed by atoms with Crippen LogP contribution >= 0.6 is 0 Å². The van der Waals surface area contributed by atoms with Crippen molar-refractivity contribution in [3.8, 4) is 0 Å². The Kier molecular flexibility index (Phi) is 8.90. The molecule has 0 aliphatic rings. The van der Waals surface area contributed by atoms with Gasteiger partial charge in [0.2, 0.25) is 0 Å². The van der Waals surface area contributed by atoms with Gasteiger partial charge in [-0.3, -0.25) is 19.4 Å². The van der Waals surface area contributed by atoms with Crippen LogP contribution in [0.2, 0.25) is 0 Å². The van der Waals surface area contributed by atoms with Crippen LogP contribution in [0, 0.1) is 0 Å². The lowest BCUT2D eigenvalue weighted by molar-refractivity contribution is -0.141. The molecule has 0 aromatic carbocycles. The Hall–Kier alpha value is -1.14. The molecule has 0 unspecified atom stereocenters. The highest BCUT2D eigenvalue weighted by Gasteiger charge is 2.11. The van der Waals surface area contributed by atoms with Crippen LogP contribution in [0.25, 0.3) is 0 Å². The van der Waals surface area contributed by atoms with Crippen molar-refractivity contribution < 1.29 is 19.8 Å². The van der Waals surface area contributed by atoms with Gasteiger partial charge in [0.1, 0.15) is 6.04 Å². The summed E-state index contributed by atoms with van der Waals surface area (Å²) in [6.45, 7) is 1.75. The summed E-state index contributed by atoms with van der Waals surface area (Å²) in [5.41, 5.74) is 0. The lowest BCUT2D eigenvalue weighted by Gasteiger charge is -2.13. The maximum Gasteiger partial charge on any atom is 0.320 e.